The Hall–Kier alpha value is -2.60. The molecular weight excluding hydrogens is 347 g/mol. The van der Waals surface area contributed by atoms with Crippen molar-refractivity contribution in [1.29, 1.82) is 0 Å². The van der Waals surface area contributed by atoms with Crippen molar-refractivity contribution in [2.45, 2.75) is 0 Å². The van der Waals surface area contributed by atoms with E-state index in [1.165, 1.54) is 29.2 Å². The Balaban J connectivity index is 1.69. The number of amides is 2. The second-order valence-electron chi connectivity index (χ2n) is 5.70. The van der Waals surface area contributed by atoms with Crippen LogP contribution in [0.2, 0.25) is 5.02 Å². The van der Waals surface area contributed by atoms with Crippen LogP contribution in [-0.2, 0) is 0 Å². The molecule has 7 heteroatoms. The number of carbonyl (C=O) groups excluding carboxylic acids is 2. The maximum Gasteiger partial charge on any atom is 0.258 e. The Morgan fingerprint density at radius 3 is 2.12 bits per heavy atom. The van der Waals surface area contributed by atoms with Crippen molar-refractivity contribution in [3.05, 3.63) is 64.4 Å². The fraction of sp³-hybridized carbons (Fsp3) is 0.222. The molecule has 2 aromatic carbocycles. The minimum Gasteiger partial charge on any atom is -0.507 e. The van der Waals surface area contributed by atoms with Gasteiger partial charge in [0.25, 0.3) is 11.8 Å². The Morgan fingerprint density at radius 1 is 0.920 bits per heavy atom. The summed E-state index contributed by atoms with van der Waals surface area (Å²) in [5.41, 5.74) is 0.0732. The third-order valence-corrected chi connectivity index (χ3v) is 4.48. The van der Waals surface area contributed by atoms with E-state index in [0.29, 0.717) is 13.1 Å². The molecule has 25 heavy (non-hydrogen) atoms. The van der Waals surface area contributed by atoms with Gasteiger partial charge in [-0.1, -0.05) is 29.8 Å². The normalized spacial score (nSPS) is 14.5. The maximum absolute atomic E-state index is 13.9. The predicted octanol–water partition coefficient (Wildman–Crippen LogP) is 2.78. The van der Waals surface area contributed by atoms with Crippen molar-refractivity contribution in [3.63, 3.8) is 0 Å². The van der Waals surface area contributed by atoms with Crippen LogP contribution in [0.4, 0.5) is 4.39 Å². The number of carbonyl (C=O) groups is 2. The predicted molar refractivity (Wildman–Crippen MR) is 91.3 cm³/mol. The number of halogens is 2. The molecule has 0 aliphatic carbocycles. The summed E-state index contributed by atoms with van der Waals surface area (Å²) in [6.07, 6.45) is 0. The molecule has 0 bridgehead atoms. The molecule has 1 saturated heterocycles. The number of benzene rings is 2. The number of para-hydroxylation sites is 1. The van der Waals surface area contributed by atoms with E-state index in [-0.39, 0.29) is 40.9 Å². The molecular formula is C18H16ClFN2O3. The van der Waals surface area contributed by atoms with Gasteiger partial charge in [0.1, 0.15) is 11.6 Å². The molecule has 2 aromatic rings. The molecule has 1 fully saturated rings. The topological polar surface area (TPSA) is 60.9 Å². The molecule has 5 nitrogen and oxygen atoms in total. The Kier molecular flexibility index (Phi) is 4.90. The summed E-state index contributed by atoms with van der Waals surface area (Å²) >= 11 is 5.94. The number of rotatable bonds is 2. The van der Waals surface area contributed by atoms with Crippen molar-refractivity contribution in [2.75, 3.05) is 26.2 Å². The average Bonchev–Trinajstić information content (AvgIpc) is 2.61. The highest BCUT2D eigenvalue weighted by molar-refractivity contribution is 6.33. The van der Waals surface area contributed by atoms with E-state index in [4.69, 9.17) is 11.6 Å². The molecule has 0 radical (unpaired) electrons. The van der Waals surface area contributed by atoms with Crippen LogP contribution in [0, 0.1) is 5.82 Å². The maximum atomic E-state index is 13.9. The van der Waals surface area contributed by atoms with E-state index in [2.05, 4.69) is 0 Å². The zero-order valence-electron chi connectivity index (χ0n) is 13.3. The lowest BCUT2D eigenvalue weighted by Crippen LogP contribution is -2.50. The van der Waals surface area contributed by atoms with Crippen LogP contribution in [0.15, 0.2) is 42.5 Å². The number of phenols is 1. The summed E-state index contributed by atoms with van der Waals surface area (Å²) in [5, 5.41) is 9.86. The van der Waals surface area contributed by atoms with Gasteiger partial charge in [0, 0.05) is 26.2 Å². The molecule has 0 unspecified atom stereocenters. The molecule has 0 saturated carbocycles. The van der Waals surface area contributed by atoms with Gasteiger partial charge >= 0.3 is 0 Å². The summed E-state index contributed by atoms with van der Waals surface area (Å²) in [7, 11) is 0. The standard InChI is InChI=1S/C18H16ClFN2O3/c19-13-5-3-6-14(20)16(13)18(25)22-10-8-21(9-11-22)17(24)12-4-1-2-7-15(12)23/h1-7,23H,8-11H2. The first-order chi connectivity index (χ1) is 12.0. The van der Waals surface area contributed by atoms with Crippen LogP contribution in [0.5, 0.6) is 5.75 Å². The minimum atomic E-state index is -0.662. The highest BCUT2D eigenvalue weighted by Crippen LogP contribution is 2.23. The van der Waals surface area contributed by atoms with Gasteiger partial charge in [-0.15, -0.1) is 0 Å². The van der Waals surface area contributed by atoms with Crippen LogP contribution in [0.3, 0.4) is 0 Å². The van der Waals surface area contributed by atoms with Gasteiger partial charge in [-0.2, -0.15) is 0 Å². The highest BCUT2D eigenvalue weighted by atomic mass is 35.5. The summed E-state index contributed by atoms with van der Waals surface area (Å²) in [5.74, 6) is -1.53. The van der Waals surface area contributed by atoms with Crippen LogP contribution in [0.1, 0.15) is 20.7 Å². The molecule has 1 aliphatic heterocycles. The van der Waals surface area contributed by atoms with Crippen molar-refractivity contribution in [2.24, 2.45) is 0 Å². The SMILES string of the molecule is O=C(c1ccccc1O)N1CCN(C(=O)c2c(F)cccc2Cl)CC1. The van der Waals surface area contributed by atoms with E-state index in [9.17, 15) is 19.1 Å². The van der Waals surface area contributed by atoms with Crippen molar-refractivity contribution >= 4 is 23.4 Å². The van der Waals surface area contributed by atoms with Crippen molar-refractivity contribution in [3.8, 4) is 5.75 Å². The van der Waals surface area contributed by atoms with Gasteiger partial charge in [0.05, 0.1) is 16.1 Å². The first-order valence-electron chi connectivity index (χ1n) is 7.79. The highest BCUT2D eigenvalue weighted by Gasteiger charge is 2.28. The van der Waals surface area contributed by atoms with Gasteiger partial charge in [-0.25, -0.2) is 4.39 Å². The van der Waals surface area contributed by atoms with E-state index < -0.39 is 11.7 Å². The molecule has 130 valence electrons. The first kappa shape index (κ1) is 17.2. The van der Waals surface area contributed by atoms with E-state index in [1.807, 2.05) is 0 Å². The molecule has 1 heterocycles. The smallest absolute Gasteiger partial charge is 0.258 e. The number of hydrogen-bond donors (Lipinski definition) is 1. The number of hydrogen-bond acceptors (Lipinski definition) is 3. The second kappa shape index (κ2) is 7.11. The fourth-order valence-corrected chi connectivity index (χ4v) is 3.04. The Morgan fingerprint density at radius 2 is 1.52 bits per heavy atom. The number of piperazine rings is 1. The molecule has 0 aromatic heterocycles. The average molecular weight is 363 g/mol. The number of phenolic OH excluding ortho intramolecular Hbond substituents is 1. The van der Waals surface area contributed by atoms with E-state index >= 15 is 0 Å². The minimum absolute atomic E-state index is 0.0673. The number of aromatic hydroxyl groups is 1. The quantitative estimate of drug-likeness (QED) is 0.893. The Labute approximate surface area is 149 Å². The van der Waals surface area contributed by atoms with Gasteiger partial charge in [0.2, 0.25) is 0 Å². The van der Waals surface area contributed by atoms with Crippen molar-refractivity contribution < 1.29 is 19.1 Å². The Bertz CT molecular complexity index is 799. The van der Waals surface area contributed by atoms with Crippen LogP contribution in [-0.4, -0.2) is 52.9 Å². The summed E-state index contributed by atoms with van der Waals surface area (Å²) < 4.78 is 13.9. The number of nitrogens with zero attached hydrogens (tertiary/aromatic N) is 2. The van der Waals surface area contributed by atoms with E-state index in [1.54, 1.807) is 23.1 Å². The van der Waals surface area contributed by atoms with Crippen molar-refractivity contribution in [1.82, 2.24) is 9.80 Å². The summed E-state index contributed by atoms with van der Waals surface area (Å²) in [6, 6.07) is 10.4. The zero-order chi connectivity index (χ0) is 18.0. The summed E-state index contributed by atoms with van der Waals surface area (Å²) in [4.78, 5) is 28.0. The second-order valence-corrected chi connectivity index (χ2v) is 6.11. The third kappa shape index (κ3) is 3.44. The lowest BCUT2D eigenvalue weighted by Gasteiger charge is -2.35. The van der Waals surface area contributed by atoms with Crippen LogP contribution in [0.25, 0.3) is 0 Å². The first-order valence-corrected chi connectivity index (χ1v) is 8.17. The fourth-order valence-electron chi connectivity index (χ4n) is 2.80. The van der Waals surface area contributed by atoms with Crippen LogP contribution >= 0.6 is 11.6 Å². The zero-order valence-corrected chi connectivity index (χ0v) is 14.0. The monoisotopic (exact) mass is 362 g/mol. The molecule has 0 spiro atoms. The van der Waals surface area contributed by atoms with Gasteiger partial charge < -0.3 is 14.9 Å². The molecule has 1 aliphatic rings. The molecule has 1 N–H and O–H groups in total. The van der Waals surface area contributed by atoms with Crippen LogP contribution < -0.4 is 0 Å². The lowest BCUT2D eigenvalue weighted by molar-refractivity contribution is 0.0531. The third-order valence-electron chi connectivity index (χ3n) is 4.17. The molecule has 2 amide bonds. The van der Waals surface area contributed by atoms with Gasteiger partial charge in [-0.3, -0.25) is 9.59 Å². The lowest BCUT2D eigenvalue weighted by atomic mass is 10.1. The molecule has 0 atom stereocenters. The van der Waals surface area contributed by atoms with Gasteiger partial charge in [0.15, 0.2) is 0 Å². The van der Waals surface area contributed by atoms with Gasteiger partial charge in [-0.05, 0) is 24.3 Å². The summed E-state index contributed by atoms with van der Waals surface area (Å²) in [6.45, 7) is 1.13. The van der Waals surface area contributed by atoms with E-state index in [0.717, 1.165) is 0 Å². The largest absolute Gasteiger partial charge is 0.507 e. The molecule has 3 rings (SSSR count).